The Morgan fingerprint density at radius 1 is 1.04 bits per heavy atom. The minimum Gasteiger partial charge on any atom is -0.508 e. The zero-order valence-corrected chi connectivity index (χ0v) is 30.7. The van der Waals surface area contributed by atoms with E-state index in [1.54, 1.807) is 6.07 Å². The Kier molecular flexibility index (Phi) is 12.3. The molecule has 1 amide bonds. The molecule has 5 atom stereocenters. The topological polar surface area (TPSA) is 79.3 Å². The number of benzene rings is 2. The Morgan fingerprint density at radius 2 is 1.78 bits per heavy atom. The van der Waals surface area contributed by atoms with Crippen LogP contribution in [0.3, 0.4) is 0 Å². The van der Waals surface area contributed by atoms with Crippen molar-refractivity contribution in [2.24, 2.45) is 5.92 Å². The van der Waals surface area contributed by atoms with Crippen LogP contribution in [0.1, 0.15) is 127 Å². The van der Waals surface area contributed by atoms with Gasteiger partial charge in [-0.05, 0) is 69.4 Å². The van der Waals surface area contributed by atoms with Gasteiger partial charge in [0, 0.05) is 55.1 Å². The molecule has 2 fully saturated rings. The zero-order valence-electron chi connectivity index (χ0n) is 30.7. The molecule has 4 aliphatic rings. The minimum absolute atomic E-state index is 0.0521. The molecule has 1 spiro atoms. The Morgan fingerprint density at radius 3 is 2.50 bits per heavy atom. The number of carbonyl (C=O) groups is 2. The normalized spacial score (nSPS) is 24.7. The summed E-state index contributed by atoms with van der Waals surface area (Å²) in [5, 5.41) is 11.4. The second-order valence-corrected chi connectivity index (χ2v) is 15.4. The quantitative estimate of drug-likeness (QED) is 0.0691. The molecule has 1 saturated carbocycles. The lowest BCUT2D eigenvalue weighted by atomic mass is 9.50. The van der Waals surface area contributed by atoms with Crippen LogP contribution in [0.4, 0.5) is 0 Å². The number of likely N-dealkylation sites (tertiary alicyclic amines) is 1. The molecule has 2 heterocycles. The molecule has 50 heavy (non-hydrogen) atoms. The highest BCUT2D eigenvalue weighted by Crippen LogP contribution is 2.65. The van der Waals surface area contributed by atoms with Gasteiger partial charge < -0.3 is 19.5 Å². The number of piperidine rings is 1. The number of esters is 1. The monoisotopic (exact) mass is 684 g/mol. The molecule has 0 unspecified atom stereocenters. The van der Waals surface area contributed by atoms with Crippen molar-refractivity contribution in [2.45, 2.75) is 147 Å². The number of rotatable bonds is 19. The van der Waals surface area contributed by atoms with Gasteiger partial charge in [-0.1, -0.05) is 94.7 Å². The second kappa shape index (κ2) is 16.8. The zero-order chi connectivity index (χ0) is 35.1. The van der Waals surface area contributed by atoms with Crippen LogP contribution in [0, 0.1) is 5.92 Å². The van der Waals surface area contributed by atoms with Crippen LogP contribution in [-0.2, 0) is 27.8 Å². The highest BCUT2D eigenvalue weighted by atomic mass is 16.6. The van der Waals surface area contributed by atoms with Crippen molar-refractivity contribution in [2.75, 3.05) is 19.6 Å². The summed E-state index contributed by atoms with van der Waals surface area (Å²) in [5.74, 6) is 1.26. The summed E-state index contributed by atoms with van der Waals surface area (Å²) in [4.78, 5) is 31.1. The molecule has 2 aliphatic heterocycles. The van der Waals surface area contributed by atoms with Crippen molar-refractivity contribution >= 4 is 11.9 Å². The third-order valence-electron chi connectivity index (χ3n) is 12.3. The maximum atomic E-state index is 14.2. The number of phenolic OH excluding ortho intramolecular Hbond substituents is 1. The first-order valence-electron chi connectivity index (χ1n) is 19.8. The largest absolute Gasteiger partial charge is 0.508 e. The molecule has 1 N–H and O–H groups in total. The number of hydrogen-bond donors (Lipinski definition) is 1. The van der Waals surface area contributed by atoms with E-state index in [2.05, 4.69) is 53.6 Å². The van der Waals surface area contributed by atoms with E-state index in [0.29, 0.717) is 23.8 Å². The van der Waals surface area contributed by atoms with Crippen molar-refractivity contribution in [3.05, 3.63) is 65.7 Å². The Balaban J connectivity index is 1.12. The molecule has 6 rings (SSSR count). The summed E-state index contributed by atoms with van der Waals surface area (Å²) >= 11 is 0. The molecular weight excluding hydrogens is 624 g/mol. The van der Waals surface area contributed by atoms with Gasteiger partial charge >= 0.3 is 5.97 Å². The van der Waals surface area contributed by atoms with Gasteiger partial charge in [-0.3, -0.25) is 14.5 Å². The van der Waals surface area contributed by atoms with Crippen molar-refractivity contribution in [3.8, 4) is 17.2 Å². The van der Waals surface area contributed by atoms with E-state index >= 15 is 0 Å². The summed E-state index contributed by atoms with van der Waals surface area (Å²) in [6.07, 6.45) is 19.8. The van der Waals surface area contributed by atoms with E-state index in [9.17, 15) is 14.7 Å². The van der Waals surface area contributed by atoms with Gasteiger partial charge in [-0.2, -0.15) is 0 Å². The third-order valence-corrected chi connectivity index (χ3v) is 12.3. The molecule has 2 bridgehead atoms. The van der Waals surface area contributed by atoms with Crippen LogP contribution in [0.2, 0.25) is 0 Å². The summed E-state index contributed by atoms with van der Waals surface area (Å²) in [7, 11) is 0. The fraction of sp³-hybridized carbons (Fsp3) is 0.628. The van der Waals surface area contributed by atoms with E-state index in [4.69, 9.17) is 9.47 Å². The first-order valence-corrected chi connectivity index (χ1v) is 19.8. The lowest BCUT2D eigenvalue weighted by molar-refractivity contribution is -0.142. The molecule has 2 aliphatic carbocycles. The standard InChI is InChI=1S/C43H60N2O5/c1-4-6-18-27-45(39(48)22-17-12-10-8-7-9-11-14-19-32-20-15-13-16-21-32)35-24-23-34-36-29-33-37(47)30-38(49-31(3)46)41-40(33)43(34,42(35)50-41)25-28-44(36)26-5-2/h5,13,15-16,20-21,30,34-36,42,47H,2,4,6-12,14,17-19,22-29H2,1,3H3/t34-,35+,36+,42-,43-/m0/s1. The number of phenols is 1. The molecule has 0 aromatic heterocycles. The van der Waals surface area contributed by atoms with Gasteiger partial charge in [-0.15, -0.1) is 6.58 Å². The average Bonchev–Trinajstić information content (AvgIpc) is 3.45. The molecule has 1 saturated heterocycles. The predicted molar refractivity (Wildman–Crippen MR) is 199 cm³/mol. The van der Waals surface area contributed by atoms with Gasteiger partial charge in [0.05, 0.1) is 6.04 Å². The number of aromatic hydroxyl groups is 1. The fourth-order valence-electron chi connectivity index (χ4n) is 10.1. The number of hydrogen-bond acceptors (Lipinski definition) is 6. The second-order valence-electron chi connectivity index (χ2n) is 15.4. The molecule has 2 aromatic rings. The molecule has 0 radical (unpaired) electrons. The predicted octanol–water partition coefficient (Wildman–Crippen LogP) is 8.68. The van der Waals surface area contributed by atoms with E-state index in [1.165, 1.54) is 57.4 Å². The summed E-state index contributed by atoms with van der Waals surface area (Å²) in [5.41, 5.74) is 3.08. The van der Waals surface area contributed by atoms with Crippen molar-refractivity contribution in [1.29, 1.82) is 0 Å². The smallest absolute Gasteiger partial charge is 0.308 e. The van der Waals surface area contributed by atoms with Crippen LogP contribution in [-0.4, -0.2) is 64.6 Å². The Labute approximate surface area is 300 Å². The van der Waals surface area contributed by atoms with Crippen molar-refractivity contribution in [3.63, 3.8) is 0 Å². The van der Waals surface area contributed by atoms with Crippen molar-refractivity contribution < 1.29 is 24.2 Å². The maximum Gasteiger partial charge on any atom is 0.308 e. The lowest BCUT2D eigenvalue weighted by Crippen LogP contribution is -2.69. The summed E-state index contributed by atoms with van der Waals surface area (Å²) in [6.45, 7) is 10.1. The molecule has 7 nitrogen and oxygen atoms in total. The van der Waals surface area contributed by atoms with Crippen molar-refractivity contribution in [1.82, 2.24) is 9.80 Å². The van der Waals surface area contributed by atoms with Crippen LogP contribution in [0.25, 0.3) is 0 Å². The number of aryl methyl sites for hydroxylation is 1. The van der Waals surface area contributed by atoms with E-state index in [1.807, 2.05) is 6.08 Å². The van der Waals surface area contributed by atoms with E-state index in [0.717, 1.165) is 88.5 Å². The van der Waals surface area contributed by atoms with Crippen LogP contribution in [0.15, 0.2) is 49.1 Å². The number of unbranched alkanes of at least 4 members (excludes halogenated alkanes) is 9. The minimum atomic E-state index is -0.432. The van der Waals surface area contributed by atoms with Crippen LogP contribution >= 0.6 is 0 Å². The number of ether oxygens (including phenoxy) is 2. The van der Waals surface area contributed by atoms with Crippen LogP contribution < -0.4 is 9.47 Å². The number of nitrogens with zero attached hydrogens (tertiary/aromatic N) is 2. The van der Waals surface area contributed by atoms with Gasteiger partial charge in [0.2, 0.25) is 5.91 Å². The number of amides is 1. The van der Waals surface area contributed by atoms with E-state index in [-0.39, 0.29) is 35.3 Å². The summed E-state index contributed by atoms with van der Waals surface area (Å²) in [6, 6.07) is 12.6. The molecule has 2 aromatic carbocycles. The fourth-order valence-corrected chi connectivity index (χ4v) is 10.1. The van der Waals surface area contributed by atoms with Gasteiger partial charge in [0.1, 0.15) is 11.9 Å². The summed E-state index contributed by atoms with van der Waals surface area (Å²) < 4.78 is 12.7. The van der Waals surface area contributed by atoms with Gasteiger partial charge in [0.15, 0.2) is 11.5 Å². The highest BCUT2D eigenvalue weighted by Gasteiger charge is 2.67. The SMILES string of the molecule is C=CCN1CC[C@]23c4c5c(O)cc(OC(C)=O)c4O[C@H]2[C@H](N(CCCCC)C(=O)CCCCCCCCCCc2ccccc2)CC[C@H]3[C@H]1C5. The first-order chi connectivity index (χ1) is 24.4. The first kappa shape index (κ1) is 36.5. The molecule has 7 heteroatoms. The lowest BCUT2D eigenvalue weighted by Gasteiger charge is -2.60. The molecular formula is C43H60N2O5. The maximum absolute atomic E-state index is 14.2. The third kappa shape index (κ3) is 7.49. The van der Waals surface area contributed by atoms with Gasteiger partial charge in [0.25, 0.3) is 0 Å². The Hall–Kier alpha value is -3.32. The average molecular weight is 685 g/mol. The van der Waals surface area contributed by atoms with E-state index < -0.39 is 5.97 Å². The van der Waals surface area contributed by atoms with Gasteiger partial charge in [-0.25, -0.2) is 0 Å². The Bertz CT molecular complexity index is 1480. The van der Waals surface area contributed by atoms with Crippen LogP contribution in [0.5, 0.6) is 17.2 Å². The number of carbonyl (C=O) groups excluding carboxylic acids is 2. The highest BCUT2D eigenvalue weighted by molar-refractivity contribution is 5.77. The molecule has 272 valence electrons.